The molecule has 0 saturated carbocycles. The number of hydrogen-bond donors (Lipinski definition) is 1. The van der Waals surface area contributed by atoms with Crippen molar-refractivity contribution >= 4 is 27.4 Å². The number of carbonyl (C=O) groups excluding carboxylic acids is 1. The first kappa shape index (κ1) is 11.0. The van der Waals surface area contributed by atoms with Gasteiger partial charge in [0.15, 0.2) is 6.10 Å². The number of hydrogen-bond acceptors (Lipinski definition) is 4. The van der Waals surface area contributed by atoms with Crippen LogP contribution in [0.15, 0.2) is 24.3 Å². The number of ether oxygens (including phenoxy) is 1. The Labute approximate surface area is 95.1 Å². The van der Waals surface area contributed by atoms with Crippen LogP contribution in [0.2, 0.25) is 0 Å². The molecule has 16 heavy (non-hydrogen) atoms. The van der Waals surface area contributed by atoms with E-state index in [0.717, 1.165) is 4.70 Å². The molecule has 0 aliphatic carbocycles. The van der Waals surface area contributed by atoms with Crippen molar-refractivity contribution in [1.82, 2.24) is 0 Å². The molecule has 0 aliphatic rings. The Morgan fingerprint density at radius 3 is 2.94 bits per heavy atom. The normalized spacial score (nSPS) is 12.7. The van der Waals surface area contributed by atoms with E-state index in [0.29, 0.717) is 10.3 Å². The lowest BCUT2D eigenvalue weighted by atomic mass is 10.2. The van der Waals surface area contributed by atoms with Crippen LogP contribution in [0.5, 0.6) is 0 Å². The predicted octanol–water partition coefficient (Wildman–Crippen LogP) is 2.25. The SMILES string of the molecule is COC(=O)C(O)c1cc2cc(F)ccc2s1. The first-order valence-electron chi connectivity index (χ1n) is 4.56. The van der Waals surface area contributed by atoms with Gasteiger partial charge in [0.25, 0.3) is 0 Å². The Morgan fingerprint density at radius 1 is 1.50 bits per heavy atom. The summed E-state index contributed by atoms with van der Waals surface area (Å²) in [6.45, 7) is 0. The number of methoxy groups -OCH3 is 1. The van der Waals surface area contributed by atoms with Crippen molar-refractivity contribution < 1.29 is 19.0 Å². The first-order valence-corrected chi connectivity index (χ1v) is 5.38. The molecule has 1 heterocycles. The molecule has 0 spiro atoms. The van der Waals surface area contributed by atoms with Crippen LogP contribution in [0, 0.1) is 5.82 Å². The number of aliphatic hydroxyl groups excluding tert-OH is 1. The van der Waals surface area contributed by atoms with Gasteiger partial charge in [0.05, 0.1) is 7.11 Å². The minimum atomic E-state index is -1.30. The molecule has 0 radical (unpaired) electrons. The number of thiophene rings is 1. The molecule has 84 valence electrons. The number of halogens is 1. The van der Waals surface area contributed by atoms with Crippen LogP contribution in [0.3, 0.4) is 0 Å². The molecule has 0 aliphatic heterocycles. The fourth-order valence-electron chi connectivity index (χ4n) is 1.40. The van der Waals surface area contributed by atoms with Gasteiger partial charge in [0.2, 0.25) is 0 Å². The van der Waals surface area contributed by atoms with Crippen LogP contribution in [0.4, 0.5) is 4.39 Å². The summed E-state index contributed by atoms with van der Waals surface area (Å²) in [6, 6.07) is 5.90. The highest BCUT2D eigenvalue weighted by Gasteiger charge is 2.20. The summed E-state index contributed by atoms with van der Waals surface area (Å²) in [7, 11) is 1.21. The molecule has 0 fully saturated rings. The fourth-order valence-corrected chi connectivity index (χ4v) is 2.42. The van der Waals surface area contributed by atoms with Crippen LogP contribution in [0.25, 0.3) is 10.1 Å². The van der Waals surface area contributed by atoms with Gasteiger partial charge < -0.3 is 9.84 Å². The summed E-state index contributed by atoms with van der Waals surface area (Å²) in [4.78, 5) is 11.6. The highest BCUT2D eigenvalue weighted by atomic mass is 32.1. The largest absolute Gasteiger partial charge is 0.467 e. The van der Waals surface area contributed by atoms with Crippen molar-refractivity contribution in [3.05, 3.63) is 35.0 Å². The third kappa shape index (κ3) is 1.91. The summed E-state index contributed by atoms with van der Waals surface area (Å²) in [5, 5.41) is 10.3. The summed E-state index contributed by atoms with van der Waals surface area (Å²) >= 11 is 1.24. The molecule has 1 unspecified atom stereocenters. The molecule has 1 atom stereocenters. The average molecular weight is 240 g/mol. The monoisotopic (exact) mass is 240 g/mol. The summed E-state index contributed by atoms with van der Waals surface area (Å²) in [5.74, 6) is -1.06. The molecular weight excluding hydrogens is 231 g/mol. The van der Waals surface area contributed by atoms with E-state index >= 15 is 0 Å². The highest BCUT2D eigenvalue weighted by molar-refractivity contribution is 7.19. The number of aliphatic hydroxyl groups is 1. The van der Waals surface area contributed by atoms with E-state index in [2.05, 4.69) is 4.74 Å². The van der Waals surface area contributed by atoms with Crippen molar-refractivity contribution in [2.24, 2.45) is 0 Å². The molecule has 1 N–H and O–H groups in total. The lowest BCUT2D eigenvalue weighted by Crippen LogP contribution is -2.11. The molecule has 0 bridgehead atoms. The van der Waals surface area contributed by atoms with Gasteiger partial charge in [-0.05, 0) is 29.7 Å². The van der Waals surface area contributed by atoms with Crippen LogP contribution in [-0.2, 0) is 9.53 Å². The second-order valence-electron chi connectivity index (χ2n) is 3.26. The van der Waals surface area contributed by atoms with Gasteiger partial charge in [0.1, 0.15) is 5.82 Å². The van der Waals surface area contributed by atoms with Crippen molar-refractivity contribution in [3.8, 4) is 0 Å². The van der Waals surface area contributed by atoms with E-state index in [9.17, 15) is 14.3 Å². The molecule has 1 aromatic carbocycles. The van der Waals surface area contributed by atoms with Crippen LogP contribution in [0.1, 0.15) is 11.0 Å². The quantitative estimate of drug-likeness (QED) is 0.819. The maximum atomic E-state index is 12.9. The van der Waals surface area contributed by atoms with Gasteiger partial charge in [-0.25, -0.2) is 9.18 Å². The van der Waals surface area contributed by atoms with Crippen molar-refractivity contribution in [3.63, 3.8) is 0 Å². The van der Waals surface area contributed by atoms with Crippen molar-refractivity contribution in [2.45, 2.75) is 6.10 Å². The lowest BCUT2D eigenvalue weighted by molar-refractivity contribution is -0.150. The molecule has 1 aromatic heterocycles. The van der Waals surface area contributed by atoms with Gasteiger partial charge in [-0.3, -0.25) is 0 Å². The molecule has 5 heteroatoms. The van der Waals surface area contributed by atoms with Gasteiger partial charge in [-0.2, -0.15) is 0 Å². The smallest absolute Gasteiger partial charge is 0.340 e. The van der Waals surface area contributed by atoms with E-state index in [1.165, 1.54) is 30.6 Å². The van der Waals surface area contributed by atoms with E-state index in [1.54, 1.807) is 12.1 Å². The Morgan fingerprint density at radius 2 is 2.25 bits per heavy atom. The summed E-state index contributed by atoms with van der Waals surface area (Å²) in [6.07, 6.45) is -1.30. The average Bonchev–Trinajstić information content (AvgIpc) is 2.69. The van der Waals surface area contributed by atoms with Gasteiger partial charge >= 0.3 is 5.97 Å². The second kappa shape index (κ2) is 4.19. The van der Waals surface area contributed by atoms with E-state index in [4.69, 9.17) is 0 Å². The number of rotatable bonds is 2. The second-order valence-corrected chi connectivity index (χ2v) is 4.37. The van der Waals surface area contributed by atoms with E-state index < -0.39 is 12.1 Å². The third-order valence-corrected chi connectivity index (χ3v) is 3.36. The summed E-state index contributed by atoms with van der Waals surface area (Å²) in [5.41, 5.74) is 0. The van der Waals surface area contributed by atoms with Crippen LogP contribution >= 0.6 is 11.3 Å². The van der Waals surface area contributed by atoms with Crippen LogP contribution in [-0.4, -0.2) is 18.2 Å². The first-order chi connectivity index (χ1) is 7.61. The minimum absolute atomic E-state index is 0.343. The zero-order valence-electron chi connectivity index (χ0n) is 8.44. The number of carbonyl (C=O) groups is 1. The van der Waals surface area contributed by atoms with Gasteiger partial charge in [-0.1, -0.05) is 0 Å². The molecular formula is C11H9FO3S. The van der Waals surface area contributed by atoms with Crippen LogP contribution < -0.4 is 0 Å². The van der Waals surface area contributed by atoms with Crippen molar-refractivity contribution in [2.75, 3.05) is 7.11 Å². The Kier molecular flexibility index (Phi) is 2.89. The fraction of sp³-hybridized carbons (Fsp3) is 0.182. The van der Waals surface area contributed by atoms with E-state index in [1.807, 2.05) is 0 Å². The zero-order valence-corrected chi connectivity index (χ0v) is 9.25. The van der Waals surface area contributed by atoms with Gasteiger partial charge in [-0.15, -0.1) is 11.3 Å². The molecule has 3 nitrogen and oxygen atoms in total. The van der Waals surface area contributed by atoms with Gasteiger partial charge in [0, 0.05) is 9.58 Å². The predicted molar refractivity (Wildman–Crippen MR) is 58.8 cm³/mol. The zero-order chi connectivity index (χ0) is 11.7. The summed E-state index contributed by atoms with van der Waals surface area (Å²) < 4.78 is 18.2. The highest BCUT2D eigenvalue weighted by Crippen LogP contribution is 2.30. The lowest BCUT2D eigenvalue weighted by Gasteiger charge is -2.04. The maximum Gasteiger partial charge on any atom is 0.340 e. The molecule has 0 saturated heterocycles. The molecule has 2 aromatic rings. The topological polar surface area (TPSA) is 46.5 Å². The molecule has 2 rings (SSSR count). The molecule has 0 amide bonds. The van der Waals surface area contributed by atoms with E-state index in [-0.39, 0.29) is 5.82 Å². The minimum Gasteiger partial charge on any atom is -0.467 e. The number of esters is 1. The number of benzene rings is 1. The Balaban J connectivity index is 2.43. The standard InChI is InChI=1S/C11H9FO3S/c1-15-11(14)10(13)9-5-6-4-7(12)2-3-8(6)16-9/h2-5,10,13H,1H3. The number of fused-ring (bicyclic) bond motifs is 1. The van der Waals surface area contributed by atoms with Crippen molar-refractivity contribution in [1.29, 1.82) is 0 Å². The Hall–Kier alpha value is -1.46. The Bertz CT molecular complexity index is 535. The third-order valence-electron chi connectivity index (χ3n) is 2.19. The maximum absolute atomic E-state index is 12.9.